The van der Waals surface area contributed by atoms with Crippen LogP contribution in [-0.2, 0) is 16.1 Å². The van der Waals surface area contributed by atoms with E-state index in [1.54, 1.807) is 18.3 Å². The number of amides is 1. The largest absolute Gasteiger partial charge is 0.462 e. The molecule has 6 nitrogen and oxygen atoms in total. The van der Waals surface area contributed by atoms with Crippen LogP contribution < -0.4 is 5.32 Å². The first-order chi connectivity index (χ1) is 12.5. The molecule has 0 aliphatic heterocycles. The Morgan fingerprint density at radius 3 is 2.81 bits per heavy atom. The number of hydrogen-bond acceptors (Lipinski definition) is 7. The third kappa shape index (κ3) is 4.69. The zero-order chi connectivity index (χ0) is 18.7. The number of thiophene rings is 1. The van der Waals surface area contributed by atoms with Crippen LogP contribution in [0.2, 0.25) is 0 Å². The highest BCUT2D eigenvalue weighted by atomic mass is 32.1. The maximum atomic E-state index is 12.4. The molecule has 1 aliphatic carbocycles. The van der Waals surface area contributed by atoms with Crippen molar-refractivity contribution in [2.75, 3.05) is 25.5 Å². The first-order valence-electron chi connectivity index (χ1n) is 8.66. The fourth-order valence-corrected chi connectivity index (χ4v) is 4.71. The molecule has 2 heterocycles. The van der Waals surface area contributed by atoms with E-state index in [0.717, 1.165) is 28.3 Å². The van der Waals surface area contributed by atoms with E-state index in [0.29, 0.717) is 29.6 Å². The van der Waals surface area contributed by atoms with E-state index in [1.165, 1.54) is 11.3 Å². The minimum absolute atomic E-state index is 0.136. The van der Waals surface area contributed by atoms with E-state index >= 15 is 0 Å². The summed E-state index contributed by atoms with van der Waals surface area (Å²) in [4.78, 5) is 32.1. The van der Waals surface area contributed by atoms with E-state index in [4.69, 9.17) is 4.74 Å². The van der Waals surface area contributed by atoms with Gasteiger partial charge in [0.1, 0.15) is 5.00 Å². The zero-order valence-corrected chi connectivity index (χ0v) is 16.8. The molecule has 1 saturated carbocycles. The van der Waals surface area contributed by atoms with E-state index in [9.17, 15) is 9.59 Å². The van der Waals surface area contributed by atoms with Crippen LogP contribution in [0.25, 0.3) is 0 Å². The Balaban J connectivity index is 1.64. The van der Waals surface area contributed by atoms with Crippen molar-refractivity contribution in [1.82, 2.24) is 9.88 Å². The molecule has 26 heavy (non-hydrogen) atoms. The van der Waals surface area contributed by atoms with Gasteiger partial charge in [-0.2, -0.15) is 0 Å². The van der Waals surface area contributed by atoms with Crippen molar-refractivity contribution in [3.05, 3.63) is 32.6 Å². The Morgan fingerprint density at radius 2 is 2.19 bits per heavy atom. The molecule has 0 aromatic carbocycles. The third-order valence-corrected chi connectivity index (χ3v) is 5.89. The fraction of sp³-hybridized carbons (Fsp3) is 0.500. The smallest absolute Gasteiger partial charge is 0.341 e. The predicted octanol–water partition coefficient (Wildman–Crippen LogP) is 3.64. The maximum absolute atomic E-state index is 12.4. The van der Waals surface area contributed by atoms with Crippen molar-refractivity contribution in [2.24, 2.45) is 0 Å². The van der Waals surface area contributed by atoms with Gasteiger partial charge in [-0.25, -0.2) is 9.78 Å². The first-order valence-corrected chi connectivity index (χ1v) is 10.4. The summed E-state index contributed by atoms with van der Waals surface area (Å²) in [7, 11) is 1.89. The minimum Gasteiger partial charge on any atom is -0.462 e. The highest BCUT2D eigenvalue weighted by Gasteiger charge is 2.32. The molecular weight excluding hydrogens is 370 g/mol. The van der Waals surface area contributed by atoms with Gasteiger partial charge in [0.2, 0.25) is 5.91 Å². The van der Waals surface area contributed by atoms with Gasteiger partial charge in [0.25, 0.3) is 0 Å². The summed E-state index contributed by atoms with van der Waals surface area (Å²) in [5.74, 6) is -0.0588. The molecule has 8 heteroatoms. The number of aromatic nitrogens is 1. The van der Waals surface area contributed by atoms with Crippen LogP contribution in [0.4, 0.5) is 5.00 Å². The number of rotatable bonds is 8. The minimum atomic E-state index is -0.348. The number of thiazole rings is 1. The first kappa shape index (κ1) is 19.0. The van der Waals surface area contributed by atoms with Gasteiger partial charge in [-0.15, -0.1) is 22.7 Å². The van der Waals surface area contributed by atoms with Crippen molar-refractivity contribution >= 4 is 39.6 Å². The average Bonchev–Trinajstić information content (AvgIpc) is 3.21. The molecule has 1 fully saturated rings. The Morgan fingerprint density at radius 1 is 1.42 bits per heavy atom. The van der Waals surface area contributed by atoms with Crippen LogP contribution >= 0.6 is 22.7 Å². The number of hydrogen-bond donors (Lipinski definition) is 1. The molecular formula is C18H23N3O3S2. The normalized spacial score (nSPS) is 13.8. The summed E-state index contributed by atoms with van der Waals surface area (Å²) in [5, 5.41) is 6.49. The summed E-state index contributed by atoms with van der Waals surface area (Å²) < 4.78 is 5.19. The van der Waals surface area contributed by atoms with Crippen molar-refractivity contribution in [3.8, 4) is 0 Å². The van der Waals surface area contributed by atoms with Gasteiger partial charge in [-0.05, 0) is 50.6 Å². The lowest BCUT2D eigenvalue weighted by atomic mass is 10.1. The van der Waals surface area contributed by atoms with Crippen LogP contribution in [0.1, 0.15) is 51.5 Å². The topological polar surface area (TPSA) is 71.5 Å². The summed E-state index contributed by atoms with van der Waals surface area (Å²) in [6, 6.07) is 0. The zero-order valence-electron chi connectivity index (χ0n) is 15.2. The molecule has 2 aromatic rings. The lowest BCUT2D eigenvalue weighted by molar-refractivity contribution is -0.117. The average molecular weight is 394 g/mol. The van der Waals surface area contributed by atoms with Gasteiger partial charge >= 0.3 is 5.97 Å². The van der Waals surface area contributed by atoms with Crippen LogP contribution in [0.3, 0.4) is 0 Å². The molecule has 140 valence electrons. The monoisotopic (exact) mass is 393 g/mol. The van der Waals surface area contributed by atoms with Gasteiger partial charge in [-0.3, -0.25) is 9.69 Å². The number of carbonyl (C=O) groups is 2. The Bertz CT molecular complexity index is 795. The predicted molar refractivity (Wildman–Crippen MR) is 104 cm³/mol. The SMILES string of the molecule is CCOC(=O)c1c(C2CC2)csc1NC(=O)CN(C)Cc1cnc(C)s1. The Labute approximate surface area is 161 Å². The second-order valence-corrected chi connectivity index (χ2v) is 8.65. The molecule has 0 saturated heterocycles. The van der Waals surface area contributed by atoms with Gasteiger partial charge in [-0.1, -0.05) is 0 Å². The van der Waals surface area contributed by atoms with Gasteiger partial charge in [0.15, 0.2) is 0 Å². The number of ether oxygens (including phenoxy) is 1. The number of likely N-dealkylation sites (N-methyl/N-ethyl adjacent to an activating group) is 1. The highest BCUT2D eigenvalue weighted by Crippen LogP contribution is 2.46. The van der Waals surface area contributed by atoms with Crippen molar-refractivity contribution in [3.63, 3.8) is 0 Å². The third-order valence-electron chi connectivity index (χ3n) is 4.08. The van der Waals surface area contributed by atoms with Crippen LogP contribution in [-0.4, -0.2) is 42.0 Å². The standard InChI is InChI=1S/C18H23N3O3S2/c1-4-24-18(23)16-14(12-5-6-12)10-25-17(16)20-15(22)9-21(3)8-13-7-19-11(2)26-13/h7,10,12H,4-6,8-9H2,1-3H3,(H,20,22). The van der Waals surface area contributed by atoms with Crippen molar-refractivity contribution in [2.45, 2.75) is 39.2 Å². The molecule has 1 amide bonds. The van der Waals surface area contributed by atoms with E-state index in [-0.39, 0.29) is 18.4 Å². The Hall–Kier alpha value is -1.77. The van der Waals surface area contributed by atoms with Gasteiger partial charge in [0.05, 0.1) is 23.7 Å². The molecule has 0 bridgehead atoms. The molecule has 3 rings (SSSR count). The summed E-state index contributed by atoms with van der Waals surface area (Å²) in [6.07, 6.45) is 4.02. The molecule has 2 aromatic heterocycles. The Kier molecular flexibility index (Phi) is 6.05. The number of aryl methyl sites for hydroxylation is 1. The number of esters is 1. The second kappa shape index (κ2) is 8.28. The molecule has 1 aliphatic rings. The summed E-state index contributed by atoms with van der Waals surface area (Å²) in [6.45, 7) is 4.99. The highest BCUT2D eigenvalue weighted by molar-refractivity contribution is 7.15. The number of nitrogens with one attached hydrogen (secondary N) is 1. The van der Waals surface area contributed by atoms with Gasteiger partial charge < -0.3 is 10.1 Å². The molecule has 1 N–H and O–H groups in total. The molecule has 0 spiro atoms. The van der Waals surface area contributed by atoms with Crippen molar-refractivity contribution < 1.29 is 14.3 Å². The summed E-state index contributed by atoms with van der Waals surface area (Å²) in [5.41, 5.74) is 1.55. The lowest BCUT2D eigenvalue weighted by Crippen LogP contribution is -2.29. The molecule has 0 unspecified atom stereocenters. The van der Waals surface area contributed by atoms with E-state index < -0.39 is 0 Å². The fourth-order valence-electron chi connectivity index (χ4n) is 2.78. The van der Waals surface area contributed by atoms with Crippen LogP contribution in [0.15, 0.2) is 11.6 Å². The van der Waals surface area contributed by atoms with Crippen molar-refractivity contribution in [1.29, 1.82) is 0 Å². The van der Waals surface area contributed by atoms with Crippen LogP contribution in [0.5, 0.6) is 0 Å². The number of nitrogens with zero attached hydrogens (tertiary/aromatic N) is 2. The quantitative estimate of drug-likeness (QED) is 0.694. The molecule has 0 atom stereocenters. The van der Waals surface area contributed by atoms with E-state index in [1.807, 2.05) is 30.4 Å². The summed E-state index contributed by atoms with van der Waals surface area (Å²) >= 11 is 3.03. The maximum Gasteiger partial charge on any atom is 0.341 e. The number of anilines is 1. The lowest BCUT2D eigenvalue weighted by Gasteiger charge is -2.15. The second-order valence-electron chi connectivity index (χ2n) is 6.46. The number of carbonyl (C=O) groups excluding carboxylic acids is 2. The van der Waals surface area contributed by atoms with Gasteiger partial charge in [0, 0.05) is 17.6 Å². The van der Waals surface area contributed by atoms with Crippen LogP contribution in [0, 0.1) is 6.92 Å². The molecule has 0 radical (unpaired) electrons. The van der Waals surface area contributed by atoms with E-state index in [2.05, 4.69) is 10.3 Å².